The number of allylic oxidation sites excluding steroid dienone is 1. The molecule has 0 aromatic rings. The van der Waals surface area contributed by atoms with Gasteiger partial charge in [0, 0.05) is 7.11 Å². The number of fused-ring (bicyclic) bond motifs is 5. The van der Waals surface area contributed by atoms with E-state index in [4.69, 9.17) is 9.47 Å². The first-order valence-corrected chi connectivity index (χ1v) is 26.6. The average molecular weight is 812 g/mol. The lowest BCUT2D eigenvalue weighted by Crippen LogP contribution is -2.60. The number of nitrogens with one attached hydrogen (secondary N) is 1. The van der Waals surface area contributed by atoms with Crippen LogP contribution in [0.15, 0.2) is 12.2 Å². The molecule has 4 nitrogen and oxygen atoms in total. The predicted molar refractivity (Wildman–Crippen MR) is 251 cm³/mol. The zero-order chi connectivity index (χ0) is 41.3. The van der Waals surface area contributed by atoms with Crippen LogP contribution in [0.5, 0.6) is 0 Å². The van der Waals surface area contributed by atoms with Gasteiger partial charge in [0.2, 0.25) is 0 Å². The molecule has 4 fully saturated rings. The summed E-state index contributed by atoms with van der Waals surface area (Å²) in [5, 5.41) is 14.7. The zero-order valence-corrected chi connectivity index (χ0v) is 39.7. The van der Waals surface area contributed by atoms with Crippen molar-refractivity contribution in [2.75, 3.05) is 20.3 Å². The van der Waals surface area contributed by atoms with E-state index in [-0.39, 0.29) is 31.0 Å². The molecule has 4 saturated carbocycles. The molecule has 0 aromatic carbocycles. The molecule has 0 aromatic heterocycles. The van der Waals surface area contributed by atoms with E-state index >= 15 is 0 Å². The first-order chi connectivity index (χ1) is 28.4. The smallest absolute Gasteiger partial charge is 0.0936 e. The van der Waals surface area contributed by atoms with Crippen LogP contribution in [-0.2, 0) is 9.47 Å². The molecule has 340 valence electrons. The minimum absolute atomic E-state index is 0.0774. The molecular formula is C54H101NO3. The molecule has 0 bridgehead atoms. The van der Waals surface area contributed by atoms with Gasteiger partial charge in [0.15, 0.2) is 0 Å². The molecule has 0 spiro atoms. The maximum atomic E-state index is 10.9. The van der Waals surface area contributed by atoms with Gasteiger partial charge in [0.1, 0.15) is 0 Å². The van der Waals surface area contributed by atoms with Crippen LogP contribution >= 0.6 is 0 Å². The summed E-state index contributed by atoms with van der Waals surface area (Å²) in [5.74, 6) is 3.20. The maximum absolute atomic E-state index is 10.9. The summed E-state index contributed by atoms with van der Waals surface area (Å²) >= 11 is 0. The van der Waals surface area contributed by atoms with E-state index in [1.54, 1.807) is 0 Å². The molecule has 5 unspecified atom stereocenters. The molecule has 2 N–H and O–H groups in total. The fraction of sp³-hybridized carbons (Fsp3) is 0.963. The van der Waals surface area contributed by atoms with E-state index in [1.165, 1.54) is 212 Å². The SMILES string of the molecule is CCCCCCCCCCCCC/C=C/[C@@H](OC1C2CCC3C4CCC[C@@]4(C)CCC3[C@@]2(C)CC[C@H]1OC)[C@H](CO)NCCCCCCCCCCCCCCCC. The molecule has 4 aliphatic carbocycles. The van der Waals surface area contributed by atoms with Crippen molar-refractivity contribution in [2.45, 2.75) is 277 Å². The Morgan fingerprint density at radius 1 is 0.603 bits per heavy atom. The molecule has 0 heterocycles. The molecule has 4 aliphatic rings. The van der Waals surface area contributed by atoms with Crippen molar-refractivity contribution in [3.05, 3.63) is 12.2 Å². The van der Waals surface area contributed by atoms with E-state index < -0.39 is 0 Å². The van der Waals surface area contributed by atoms with E-state index in [0.29, 0.717) is 16.7 Å². The Morgan fingerprint density at radius 2 is 1.16 bits per heavy atom. The molecule has 0 saturated heterocycles. The Labute approximate surface area is 362 Å². The predicted octanol–water partition coefficient (Wildman–Crippen LogP) is 15.5. The van der Waals surface area contributed by atoms with Gasteiger partial charge in [-0.05, 0) is 112 Å². The minimum atomic E-state index is -0.128. The lowest BCUT2D eigenvalue weighted by molar-refractivity contribution is -0.204. The van der Waals surface area contributed by atoms with Crippen LogP contribution < -0.4 is 5.32 Å². The van der Waals surface area contributed by atoms with Crippen LogP contribution in [0.3, 0.4) is 0 Å². The van der Waals surface area contributed by atoms with Crippen LogP contribution in [0.2, 0.25) is 0 Å². The van der Waals surface area contributed by atoms with Gasteiger partial charge < -0.3 is 19.9 Å². The number of aliphatic hydroxyl groups excluding tert-OH is 1. The molecular weight excluding hydrogens is 711 g/mol. The Bertz CT molecular complexity index is 1050. The number of hydrogen-bond donors (Lipinski definition) is 2. The standard InChI is InChI=1S/C54H101NO3/c1-6-8-10-12-14-16-18-20-22-24-26-28-30-32-43-55-49(44-56)50(35-31-29-27-25-23-21-19-17-15-13-11-9-7-2)58-52-48-37-36-45-46-34-33-40-53(46,3)41-38-47(45)54(48,4)42-39-51(52)57-5/h31,35,45-52,55-56H,6-30,32-34,36-44H2,1-5H3/b35-31+/t45?,46?,47?,48?,49-,50+,51+,52?,53-,54+/m0/s1. The lowest BCUT2D eigenvalue weighted by atomic mass is 9.45. The third-order valence-corrected chi connectivity index (χ3v) is 16.9. The van der Waals surface area contributed by atoms with Gasteiger partial charge in [-0.2, -0.15) is 0 Å². The topological polar surface area (TPSA) is 50.7 Å². The Kier molecular flexibility index (Phi) is 25.1. The van der Waals surface area contributed by atoms with Gasteiger partial charge in [-0.3, -0.25) is 0 Å². The summed E-state index contributed by atoms with van der Waals surface area (Å²) in [5.41, 5.74) is 0.924. The number of aliphatic hydroxyl groups is 1. The first kappa shape index (κ1) is 50.2. The highest BCUT2D eigenvalue weighted by molar-refractivity contribution is 5.10. The zero-order valence-electron chi connectivity index (χ0n) is 39.7. The Morgan fingerprint density at radius 3 is 1.71 bits per heavy atom. The molecule has 0 aliphatic heterocycles. The summed E-state index contributed by atoms with van der Waals surface area (Å²) < 4.78 is 13.7. The third kappa shape index (κ3) is 16.0. The number of methoxy groups -OCH3 is 1. The van der Waals surface area contributed by atoms with Crippen LogP contribution in [0, 0.1) is 34.5 Å². The largest absolute Gasteiger partial charge is 0.395 e. The highest BCUT2D eigenvalue weighted by Crippen LogP contribution is 2.66. The quantitative estimate of drug-likeness (QED) is 0.0502. The van der Waals surface area contributed by atoms with Crippen LogP contribution in [0.4, 0.5) is 0 Å². The summed E-state index contributed by atoms with van der Waals surface area (Å²) in [4.78, 5) is 0. The van der Waals surface area contributed by atoms with Crippen molar-refractivity contribution < 1.29 is 14.6 Å². The van der Waals surface area contributed by atoms with Crippen LogP contribution in [-0.4, -0.2) is 49.7 Å². The summed E-state index contributed by atoms with van der Waals surface area (Å²) in [6.07, 6.45) is 52.7. The van der Waals surface area contributed by atoms with Crippen molar-refractivity contribution in [3.63, 3.8) is 0 Å². The maximum Gasteiger partial charge on any atom is 0.0936 e. The Hall–Kier alpha value is -0.420. The van der Waals surface area contributed by atoms with E-state index in [0.717, 1.165) is 37.1 Å². The van der Waals surface area contributed by atoms with Crippen molar-refractivity contribution >= 4 is 0 Å². The van der Waals surface area contributed by atoms with Crippen molar-refractivity contribution in [1.29, 1.82) is 0 Å². The van der Waals surface area contributed by atoms with Crippen LogP contribution in [0.1, 0.15) is 252 Å². The molecule has 10 atom stereocenters. The molecule has 4 heteroatoms. The molecule has 4 rings (SSSR count). The summed E-state index contributed by atoms with van der Waals surface area (Å²) in [7, 11) is 1.93. The second-order valence-corrected chi connectivity index (χ2v) is 21.1. The second kappa shape index (κ2) is 29.0. The van der Waals surface area contributed by atoms with Gasteiger partial charge in [0.25, 0.3) is 0 Å². The highest BCUT2D eigenvalue weighted by atomic mass is 16.5. The number of unbranched alkanes of at least 4 members (excludes halogenated alkanes) is 24. The van der Waals surface area contributed by atoms with Gasteiger partial charge in [0.05, 0.1) is 31.0 Å². The highest BCUT2D eigenvalue weighted by Gasteiger charge is 2.60. The summed E-state index contributed by atoms with van der Waals surface area (Å²) in [6.45, 7) is 11.0. The molecule has 0 radical (unpaired) electrons. The van der Waals surface area contributed by atoms with Gasteiger partial charge in [-0.25, -0.2) is 0 Å². The first-order valence-electron chi connectivity index (χ1n) is 26.6. The summed E-state index contributed by atoms with van der Waals surface area (Å²) in [6, 6.07) is -0.0774. The van der Waals surface area contributed by atoms with Gasteiger partial charge in [-0.15, -0.1) is 0 Å². The second-order valence-electron chi connectivity index (χ2n) is 21.1. The number of ether oxygens (including phenoxy) is 2. The molecule has 58 heavy (non-hydrogen) atoms. The number of rotatable bonds is 34. The lowest BCUT2D eigenvalue weighted by Gasteiger charge is -2.62. The van der Waals surface area contributed by atoms with Crippen LogP contribution in [0.25, 0.3) is 0 Å². The van der Waals surface area contributed by atoms with E-state index in [1.807, 2.05) is 7.11 Å². The fourth-order valence-corrected chi connectivity index (χ4v) is 13.2. The minimum Gasteiger partial charge on any atom is -0.395 e. The third-order valence-electron chi connectivity index (χ3n) is 16.9. The van der Waals surface area contributed by atoms with Gasteiger partial charge in [-0.1, -0.05) is 194 Å². The van der Waals surface area contributed by atoms with E-state index in [9.17, 15) is 5.11 Å². The number of hydrogen-bond acceptors (Lipinski definition) is 4. The normalized spacial score (nSPS) is 30.7. The van der Waals surface area contributed by atoms with Crippen molar-refractivity contribution in [2.24, 2.45) is 34.5 Å². The Balaban J connectivity index is 1.27. The average Bonchev–Trinajstić information content (AvgIpc) is 3.64. The van der Waals surface area contributed by atoms with Gasteiger partial charge >= 0.3 is 0 Å². The fourth-order valence-electron chi connectivity index (χ4n) is 13.2. The molecule has 0 amide bonds. The monoisotopic (exact) mass is 812 g/mol. The van der Waals surface area contributed by atoms with Crippen molar-refractivity contribution in [3.8, 4) is 0 Å². The van der Waals surface area contributed by atoms with Crippen molar-refractivity contribution in [1.82, 2.24) is 5.32 Å². The van der Waals surface area contributed by atoms with E-state index in [2.05, 4.69) is 45.2 Å².